The summed E-state index contributed by atoms with van der Waals surface area (Å²) >= 11 is 0. The van der Waals surface area contributed by atoms with E-state index in [1.807, 2.05) is 25.1 Å². The summed E-state index contributed by atoms with van der Waals surface area (Å²) in [4.78, 5) is 4.23. The molecule has 102 valence electrons. The number of anilines is 1. The summed E-state index contributed by atoms with van der Waals surface area (Å²) in [5, 5.41) is 0. The van der Waals surface area contributed by atoms with Gasteiger partial charge in [-0.15, -0.1) is 0 Å². The van der Waals surface area contributed by atoms with Gasteiger partial charge in [0.15, 0.2) is 0 Å². The Morgan fingerprint density at radius 2 is 1.95 bits per heavy atom. The normalized spacial score (nSPS) is 11.2. The molecule has 20 heavy (non-hydrogen) atoms. The fraction of sp³-hybridized carbons (Fsp3) is 0.133. The lowest BCUT2D eigenvalue weighted by molar-refractivity contribution is 0.579. The van der Waals surface area contributed by atoms with Gasteiger partial charge in [-0.2, -0.15) is 0 Å². The van der Waals surface area contributed by atoms with Gasteiger partial charge in [0.2, 0.25) is 5.95 Å². The van der Waals surface area contributed by atoms with Crippen LogP contribution < -0.4 is 5.73 Å². The van der Waals surface area contributed by atoms with Crippen LogP contribution in [0.25, 0.3) is 11.0 Å². The molecule has 3 aromatic rings. The highest BCUT2D eigenvalue weighted by Gasteiger charge is 2.11. The van der Waals surface area contributed by atoms with Crippen molar-refractivity contribution < 1.29 is 8.78 Å². The summed E-state index contributed by atoms with van der Waals surface area (Å²) in [5.41, 5.74) is 8.73. The van der Waals surface area contributed by atoms with E-state index in [0.717, 1.165) is 28.7 Å². The third-order valence-corrected chi connectivity index (χ3v) is 3.27. The van der Waals surface area contributed by atoms with Crippen LogP contribution in [0.3, 0.4) is 0 Å². The maximum atomic E-state index is 13.7. The molecule has 5 heteroatoms. The lowest BCUT2D eigenvalue weighted by Gasteiger charge is -2.08. The first-order chi connectivity index (χ1) is 9.54. The number of hydrogen-bond donors (Lipinski definition) is 1. The van der Waals surface area contributed by atoms with Crippen LogP contribution in [-0.2, 0) is 6.54 Å². The van der Waals surface area contributed by atoms with Crippen molar-refractivity contribution in [1.82, 2.24) is 9.55 Å². The molecule has 0 spiro atoms. The molecule has 3 nitrogen and oxygen atoms in total. The van der Waals surface area contributed by atoms with Crippen molar-refractivity contribution in [2.45, 2.75) is 13.5 Å². The number of rotatable bonds is 2. The fourth-order valence-corrected chi connectivity index (χ4v) is 2.25. The number of fused-ring (bicyclic) bond motifs is 1. The maximum absolute atomic E-state index is 13.7. The summed E-state index contributed by atoms with van der Waals surface area (Å²) in [7, 11) is 0. The van der Waals surface area contributed by atoms with Crippen molar-refractivity contribution in [3.8, 4) is 0 Å². The molecular formula is C15H13F2N3. The zero-order valence-corrected chi connectivity index (χ0v) is 10.9. The second kappa shape index (κ2) is 4.59. The van der Waals surface area contributed by atoms with Gasteiger partial charge < -0.3 is 10.3 Å². The number of aryl methyl sites for hydroxylation is 1. The minimum Gasteiger partial charge on any atom is -0.369 e. The first-order valence-corrected chi connectivity index (χ1v) is 6.21. The zero-order valence-electron chi connectivity index (χ0n) is 10.9. The van der Waals surface area contributed by atoms with Crippen molar-refractivity contribution in [2.75, 3.05) is 5.73 Å². The first-order valence-electron chi connectivity index (χ1n) is 6.21. The van der Waals surface area contributed by atoms with E-state index in [4.69, 9.17) is 5.73 Å². The quantitative estimate of drug-likeness (QED) is 0.779. The fourth-order valence-electron chi connectivity index (χ4n) is 2.25. The van der Waals surface area contributed by atoms with Crippen molar-refractivity contribution in [2.24, 2.45) is 0 Å². The van der Waals surface area contributed by atoms with E-state index in [1.54, 1.807) is 4.57 Å². The van der Waals surface area contributed by atoms with Gasteiger partial charge in [-0.1, -0.05) is 6.07 Å². The highest BCUT2D eigenvalue weighted by atomic mass is 19.1. The number of nitrogen functional groups attached to an aromatic ring is 1. The topological polar surface area (TPSA) is 43.8 Å². The van der Waals surface area contributed by atoms with Crippen molar-refractivity contribution in [3.05, 3.63) is 59.2 Å². The Labute approximate surface area is 114 Å². The van der Waals surface area contributed by atoms with E-state index in [1.165, 1.54) is 6.07 Å². The summed E-state index contributed by atoms with van der Waals surface area (Å²) in [6, 6.07) is 9.11. The van der Waals surface area contributed by atoms with Crippen LogP contribution in [0.4, 0.5) is 14.7 Å². The highest BCUT2D eigenvalue weighted by molar-refractivity contribution is 5.79. The molecule has 0 saturated carbocycles. The minimum absolute atomic E-state index is 0.148. The summed E-state index contributed by atoms with van der Waals surface area (Å²) in [6.45, 7) is 2.10. The first kappa shape index (κ1) is 12.6. The standard InChI is InChI=1S/C15H13F2N3/c1-9-2-5-13-14(6-9)20(15(18)19-13)8-10-7-11(16)3-4-12(10)17/h2-7H,8H2,1H3,(H2,18,19). The molecule has 3 rings (SSSR count). The van der Waals surface area contributed by atoms with Crippen LogP contribution in [0.5, 0.6) is 0 Å². The van der Waals surface area contributed by atoms with Crippen LogP contribution in [0.2, 0.25) is 0 Å². The second-order valence-electron chi connectivity index (χ2n) is 4.78. The Morgan fingerprint density at radius 3 is 2.75 bits per heavy atom. The average Bonchev–Trinajstić information content (AvgIpc) is 2.70. The highest BCUT2D eigenvalue weighted by Crippen LogP contribution is 2.22. The molecule has 1 heterocycles. The lowest BCUT2D eigenvalue weighted by Crippen LogP contribution is -2.06. The average molecular weight is 273 g/mol. The van der Waals surface area contributed by atoms with E-state index >= 15 is 0 Å². The van der Waals surface area contributed by atoms with Crippen LogP contribution >= 0.6 is 0 Å². The van der Waals surface area contributed by atoms with Gasteiger partial charge in [-0.25, -0.2) is 13.8 Å². The van der Waals surface area contributed by atoms with E-state index in [0.29, 0.717) is 0 Å². The molecule has 0 aliphatic carbocycles. The summed E-state index contributed by atoms with van der Waals surface area (Å²) < 4.78 is 28.6. The molecule has 1 aromatic heterocycles. The van der Waals surface area contributed by atoms with Crippen LogP contribution in [0.15, 0.2) is 36.4 Å². The van der Waals surface area contributed by atoms with E-state index in [2.05, 4.69) is 4.98 Å². The molecule has 0 radical (unpaired) electrons. The molecule has 0 saturated heterocycles. The van der Waals surface area contributed by atoms with Gasteiger partial charge in [-0.05, 0) is 42.8 Å². The van der Waals surface area contributed by atoms with Gasteiger partial charge in [0.1, 0.15) is 11.6 Å². The predicted octanol–water partition coefficient (Wildman–Crippen LogP) is 3.25. The molecule has 2 N–H and O–H groups in total. The van der Waals surface area contributed by atoms with Gasteiger partial charge >= 0.3 is 0 Å². The Kier molecular flexibility index (Phi) is 2.89. The third kappa shape index (κ3) is 2.11. The molecule has 0 atom stereocenters. The van der Waals surface area contributed by atoms with Gasteiger partial charge in [0, 0.05) is 5.56 Å². The molecular weight excluding hydrogens is 260 g/mol. The Hall–Kier alpha value is -2.43. The Morgan fingerprint density at radius 1 is 1.15 bits per heavy atom. The van der Waals surface area contributed by atoms with Crippen molar-refractivity contribution in [3.63, 3.8) is 0 Å². The van der Waals surface area contributed by atoms with Crippen LogP contribution in [0.1, 0.15) is 11.1 Å². The van der Waals surface area contributed by atoms with Crippen molar-refractivity contribution in [1.29, 1.82) is 0 Å². The molecule has 2 aromatic carbocycles. The maximum Gasteiger partial charge on any atom is 0.201 e. The third-order valence-electron chi connectivity index (χ3n) is 3.27. The lowest BCUT2D eigenvalue weighted by atomic mass is 10.2. The number of aromatic nitrogens is 2. The van der Waals surface area contributed by atoms with Gasteiger partial charge in [0.05, 0.1) is 17.6 Å². The molecule has 0 fully saturated rings. The number of hydrogen-bond acceptors (Lipinski definition) is 2. The largest absolute Gasteiger partial charge is 0.369 e. The molecule has 0 aliphatic heterocycles. The van der Waals surface area contributed by atoms with Gasteiger partial charge in [-0.3, -0.25) is 0 Å². The number of nitrogens with zero attached hydrogens (tertiary/aromatic N) is 2. The second-order valence-corrected chi connectivity index (χ2v) is 4.78. The number of nitrogens with two attached hydrogens (primary N) is 1. The van der Waals surface area contributed by atoms with E-state index in [-0.39, 0.29) is 18.1 Å². The number of benzene rings is 2. The Balaban J connectivity index is 2.12. The van der Waals surface area contributed by atoms with E-state index in [9.17, 15) is 8.78 Å². The number of imidazole rings is 1. The summed E-state index contributed by atoms with van der Waals surface area (Å²) in [5.74, 6) is -0.643. The summed E-state index contributed by atoms with van der Waals surface area (Å²) in [6.07, 6.45) is 0. The minimum atomic E-state index is -0.472. The molecule has 0 amide bonds. The van der Waals surface area contributed by atoms with Crippen LogP contribution in [0, 0.1) is 18.6 Å². The molecule has 0 bridgehead atoms. The monoisotopic (exact) mass is 273 g/mol. The Bertz CT molecular complexity index is 793. The van der Waals surface area contributed by atoms with Gasteiger partial charge in [0.25, 0.3) is 0 Å². The smallest absolute Gasteiger partial charge is 0.201 e. The van der Waals surface area contributed by atoms with E-state index < -0.39 is 11.6 Å². The zero-order chi connectivity index (χ0) is 14.3. The SMILES string of the molecule is Cc1ccc2nc(N)n(Cc3cc(F)ccc3F)c2c1. The van der Waals surface area contributed by atoms with Crippen molar-refractivity contribution >= 4 is 17.0 Å². The predicted molar refractivity (Wildman–Crippen MR) is 74.3 cm³/mol. The molecule has 0 aliphatic rings. The number of halogens is 2. The van der Waals surface area contributed by atoms with Crippen LogP contribution in [-0.4, -0.2) is 9.55 Å². The molecule has 0 unspecified atom stereocenters.